The molecule has 0 saturated carbocycles. The molecule has 1 aromatic carbocycles. The summed E-state index contributed by atoms with van der Waals surface area (Å²) in [5.41, 5.74) is 0.260. The van der Waals surface area contributed by atoms with Crippen LogP contribution in [0.15, 0.2) is 19.5 Å². The summed E-state index contributed by atoms with van der Waals surface area (Å²) in [5.74, 6) is -1.27. The van der Waals surface area contributed by atoms with E-state index in [0.717, 1.165) is 0 Å². The van der Waals surface area contributed by atoms with Crippen LogP contribution in [0.2, 0.25) is 0 Å². The van der Waals surface area contributed by atoms with E-state index in [9.17, 15) is 9.59 Å². The summed E-state index contributed by atoms with van der Waals surface area (Å²) in [6.07, 6.45) is 0. The fraction of sp³-hybridized carbons (Fsp3) is 0.200. The van der Waals surface area contributed by atoms with E-state index in [4.69, 9.17) is 9.47 Å². The molecule has 1 rings (SSSR count). The molecule has 0 atom stereocenters. The highest BCUT2D eigenvalue weighted by molar-refractivity contribution is 9.14. The van der Waals surface area contributed by atoms with Gasteiger partial charge in [-0.05, 0) is 85.7 Å². The second kappa shape index (κ2) is 8.11. The van der Waals surface area contributed by atoms with Crippen LogP contribution in [0, 0.1) is 0 Å². The lowest BCUT2D eigenvalue weighted by Crippen LogP contribution is -2.14. The molecule has 9 heteroatoms. The van der Waals surface area contributed by atoms with E-state index in [0.29, 0.717) is 13.4 Å². The SMILES string of the molecule is O=C(OCBr)c1cc(Br)c(Br)c(Br)c1C(=O)OCBr. The van der Waals surface area contributed by atoms with Crippen LogP contribution in [-0.2, 0) is 9.47 Å². The van der Waals surface area contributed by atoms with Crippen molar-refractivity contribution >= 4 is 91.6 Å². The highest BCUT2D eigenvalue weighted by Gasteiger charge is 2.25. The fourth-order valence-electron chi connectivity index (χ4n) is 1.20. The topological polar surface area (TPSA) is 52.6 Å². The van der Waals surface area contributed by atoms with Crippen LogP contribution < -0.4 is 0 Å². The Morgan fingerprint density at radius 3 is 2.00 bits per heavy atom. The lowest BCUT2D eigenvalue weighted by atomic mass is 10.1. The number of carbonyl (C=O) groups is 2. The predicted molar refractivity (Wildman–Crippen MR) is 88.0 cm³/mol. The molecule has 0 unspecified atom stereocenters. The Labute approximate surface area is 151 Å². The Hall–Kier alpha value is 0.560. The smallest absolute Gasteiger partial charge is 0.341 e. The molecule has 0 aromatic heterocycles. The molecule has 104 valence electrons. The van der Waals surface area contributed by atoms with Gasteiger partial charge in [0.2, 0.25) is 0 Å². The maximum absolute atomic E-state index is 11.9. The van der Waals surface area contributed by atoms with Crippen molar-refractivity contribution in [2.75, 3.05) is 11.0 Å². The van der Waals surface area contributed by atoms with Crippen molar-refractivity contribution in [1.82, 2.24) is 0 Å². The maximum atomic E-state index is 11.9. The van der Waals surface area contributed by atoms with Gasteiger partial charge in [0.25, 0.3) is 0 Å². The van der Waals surface area contributed by atoms with E-state index in [1.807, 2.05) is 0 Å². The van der Waals surface area contributed by atoms with Crippen LogP contribution in [0.1, 0.15) is 20.7 Å². The van der Waals surface area contributed by atoms with E-state index < -0.39 is 11.9 Å². The van der Waals surface area contributed by atoms with Gasteiger partial charge in [0.15, 0.2) is 0 Å². The monoisotopic (exact) mass is 584 g/mol. The van der Waals surface area contributed by atoms with Crippen molar-refractivity contribution in [3.05, 3.63) is 30.6 Å². The van der Waals surface area contributed by atoms with Gasteiger partial charge in [0.1, 0.15) is 11.0 Å². The largest absolute Gasteiger partial charge is 0.450 e. The number of hydrogen-bond acceptors (Lipinski definition) is 4. The van der Waals surface area contributed by atoms with Crippen LogP contribution >= 0.6 is 79.6 Å². The second-order valence-electron chi connectivity index (χ2n) is 2.99. The Morgan fingerprint density at radius 1 is 0.947 bits per heavy atom. The van der Waals surface area contributed by atoms with Crippen LogP contribution in [0.4, 0.5) is 0 Å². The zero-order chi connectivity index (χ0) is 14.6. The summed E-state index contributed by atoms with van der Waals surface area (Å²) in [6, 6.07) is 1.49. The van der Waals surface area contributed by atoms with Gasteiger partial charge in [0, 0.05) is 13.4 Å². The molecule has 0 fully saturated rings. The summed E-state index contributed by atoms with van der Waals surface area (Å²) in [5, 5.41) is 0. The van der Waals surface area contributed by atoms with E-state index in [1.165, 1.54) is 6.07 Å². The molecule has 0 heterocycles. The number of ether oxygens (including phenoxy) is 2. The van der Waals surface area contributed by atoms with Gasteiger partial charge in [0.05, 0.1) is 11.1 Å². The van der Waals surface area contributed by atoms with Gasteiger partial charge in [-0.3, -0.25) is 0 Å². The fourth-order valence-corrected chi connectivity index (χ4v) is 3.22. The highest BCUT2D eigenvalue weighted by Crippen LogP contribution is 2.36. The lowest BCUT2D eigenvalue weighted by molar-refractivity contribution is 0.0537. The first-order valence-electron chi connectivity index (χ1n) is 4.57. The summed E-state index contributed by atoms with van der Waals surface area (Å²) >= 11 is 15.8. The van der Waals surface area contributed by atoms with Crippen LogP contribution in [-0.4, -0.2) is 23.0 Å². The number of alkyl halides is 2. The predicted octanol–water partition coefficient (Wildman–Crippen LogP) is 4.99. The number of esters is 2. The van der Waals surface area contributed by atoms with E-state index >= 15 is 0 Å². The van der Waals surface area contributed by atoms with Gasteiger partial charge in [-0.1, -0.05) is 0 Å². The molecule has 0 saturated heterocycles. The van der Waals surface area contributed by atoms with Gasteiger partial charge in [-0.15, -0.1) is 0 Å². The van der Waals surface area contributed by atoms with Gasteiger partial charge < -0.3 is 9.47 Å². The molecule has 0 N–H and O–H groups in total. The number of benzene rings is 1. The van der Waals surface area contributed by atoms with Crippen LogP contribution in [0.5, 0.6) is 0 Å². The minimum atomic E-state index is -0.640. The average molecular weight is 589 g/mol. The second-order valence-corrected chi connectivity index (χ2v) is 6.35. The summed E-state index contributed by atoms with van der Waals surface area (Å²) < 4.78 is 11.3. The number of rotatable bonds is 4. The third-order valence-corrected chi connectivity index (χ3v) is 5.72. The van der Waals surface area contributed by atoms with E-state index in [1.54, 1.807) is 0 Å². The molecule has 1 aromatic rings. The van der Waals surface area contributed by atoms with E-state index in [2.05, 4.69) is 79.6 Å². The molecule has 19 heavy (non-hydrogen) atoms. The Kier molecular flexibility index (Phi) is 7.52. The zero-order valence-electron chi connectivity index (χ0n) is 9.01. The number of halogens is 5. The molecular weight excluding hydrogens is 584 g/mol. The first-order valence-corrected chi connectivity index (χ1v) is 9.19. The summed E-state index contributed by atoms with van der Waals surface area (Å²) in [4.78, 5) is 23.8. The zero-order valence-corrected chi connectivity index (χ0v) is 16.9. The van der Waals surface area contributed by atoms with E-state index in [-0.39, 0.29) is 22.2 Å². The summed E-state index contributed by atoms with van der Waals surface area (Å²) in [7, 11) is 0. The van der Waals surface area contributed by atoms with Crippen molar-refractivity contribution in [1.29, 1.82) is 0 Å². The molecule has 0 aliphatic carbocycles. The van der Waals surface area contributed by atoms with Crippen molar-refractivity contribution in [2.45, 2.75) is 0 Å². The average Bonchev–Trinajstić information content (AvgIpc) is 2.35. The van der Waals surface area contributed by atoms with Crippen LogP contribution in [0.25, 0.3) is 0 Å². The van der Waals surface area contributed by atoms with Crippen molar-refractivity contribution in [2.24, 2.45) is 0 Å². The minimum Gasteiger partial charge on any atom is -0.450 e. The molecule has 0 aliphatic heterocycles. The standard InChI is InChI=1S/C10H5Br5O4/c11-2-18-9(16)4-1-5(13)7(14)8(15)6(4)10(17)19-3-12/h1H,2-3H2. The number of carbonyl (C=O) groups excluding carboxylic acids is 2. The Bertz CT molecular complexity index is 517. The normalized spacial score (nSPS) is 10.2. The molecule has 0 amide bonds. The third-order valence-electron chi connectivity index (χ3n) is 1.96. The highest BCUT2D eigenvalue weighted by atomic mass is 79.9. The first kappa shape index (κ1) is 17.6. The molecule has 0 radical (unpaired) electrons. The van der Waals surface area contributed by atoms with Crippen molar-refractivity contribution in [3.63, 3.8) is 0 Å². The summed E-state index contributed by atoms with van der Waals surface area (Å²) in [6.45, 7) is 0. The Balaban J connectivity index is 3.43. The quantitative estimate of drug-likeness (QED) is 0.283. The van der Waals surface area contributed by atoms with Gasteiger partial charge in [-0.25, -0.2) is 9.59 Å². The Morgan fingerprint density at radius 2 is 1.47 bits per heavy atom. The molecular formula is C10H5Br5O4. The van der Waals surface area contributed by atoms with Crippen molar-refractivity contribution < 1.29 is 19.1 Å². The number of hydrogen-bond donors (Lipinski definition) is 0. The van der Waals surface area contributed by atoms with Crippen LogP contribution in [0.3, 0.4) is 0 Å². The lowest BCUT2D eigenvalue weighted by Gasteiger charge is -2.12. The molecule has 0 spiro atoms. The van der Waals surface area contributed by atoms with Gasteiger partial charge >= 0.3 is 11.9 Å². The molecule has 0 bridgehead atoms. The van der Waals surface area contributed by atoms with Crippen molar-refractivity contribution in [3.8, 4) is 0 Å². The molecule has 0 aliphatic rings. The minimum absolute atomic E-state index is 0.0267. The molecule has 4 nitrogen and oxygen atoms in total. The first-order chi connectivity index (χ1) is 8.93. The third kappa shape index (κ3) is 4.26. The van der Waals surface area contributed by atoms with Gasteiger partial charge in [-0.2, -0.15) is 0 Å². The maximum Gasteiger partial charge on any atom is 0.341 e.